The number of benzene rings is 1. The second-order valence-electron chi connectivity index (χ2n) is 8.42. The third-order valence-corrected chi connectivity index (χ3v) is 6.25. The van der Waals surface area contributed by atoms with Crippen LogP contribution in [-0.4, -0.2) is 10.2 Å². The zero-order chi connectivity index (χ0) is 18.9. The van der Waals surface area contributed by atoms with E-state index in [9.17, 15) is 0 Å². The highest BCUT2D eigenvalue weighted by Gasteiger charge is 2.20. The molecule has 146 valence electrons. The molecule has 1 aliphatic carbocycles. The Morgan fingerprint density at radius 1 is 0.741 bits per heavy atom. The van der Waals surface area contributed by atoms with Crippen molar-refractivity contribution in [3.8, 4) is 11.3 Å². The van der Waals surface area contributed by atoms with Gasteiger partial charge in [0.25, 0.3) is 0 Å². The van der Waals surface area contributed by atoms with Crippen molar-refractivity contribution in [2.75, 3.05) is 0 Å². The summed E-state index contributed by atoms with van der Waals surface area (Å²) in [7, 11) is 0. The molecule has 1 aliphatic rings. The molecule has 0 spiro atoms. The number of rotatable bonds is 9. The van der Waals surface area contributed by atoms with E-state index in [1.54, 1.807) is 0 Å². The van der Waals surface area contributed by atoms with Gasteiger partial charge in [0, 0.05) is 5.56 Å². The molecule has 1 fully saturated rings. The number of nitrogens with zero attached hydrogens (tertiary/aromatic N) is 2. The van der Waals surface area contributed by atoms with Crippen LogP contribution < -0.4 is 0 Å². The molecule has 0 bridgehead atoms. The molecule has 2 nitrogen and oxygen atoms in total. The maximum atomic E-state index is 4.39. The summed E-state index contributed by atoms with van der Waals surface area (Å²) in [5.41, 5.74) is 4.70. The summed E-state index contributed by atoms with van der Waals surface area (Å²) in [5.74, 6) is 1.96. The summed E-state index contributed by atoms with van der Waals surface area (Å²) >= 11 is 0. The maximum absolute atomic E-state index is 4.39. The van der Waals surface area contributed by atoms with Crippen LogP contribution in [0.5, 0.6) is 0 Å². The van der Waals surface area contributed by atoms with Crippen molar-refractivity contribution in [3.05, 3.63) is 47.7 Å². The van der Waals surface area contributed by atoms with E-state index in [1.165, 1.54) is 68.9 Å². The molecule has 0 saturated heterocycles. The van der Waals surface area contributed by atoms with E-state index in [0.717, 1.165) is 36.1 Å². The molecule has 3 rings (SSSR count). The summed E-state index contributed by atoms with van der Waals surface area (Å²) in [6.07, 6.45) is 14.8. The summed E-state index contributed by atoms with van der Waals surface area (Å²) in [6, 6.07) is 13.2. The Kier molecular flexibility index (Phi) is 7.86. The molecule has 0 aliphatic heterocycles. The van der Waals surface area contributed by atoms with Gasteiger partial charge in [0.05, 0.1) is 11.4 Å². The van der Waals surface area contributed by atoms with Gasteiger partial charge in [-0.3, -0.25) is 0 Å². The average Bonchev–Trinajstić information content (AvgIpc) is 2.73. The molecule has 0 amide bonds. The standard InChI is InChI=1S/C25H36N2/c1-3-5-7-20-8-10-21(11-9-20)12-13-22-14-16-23(17-15-22)25-19-18-24(6-4-2)26-27-25/h14-21H,3-13H2,1-2H3/t20-,21-. The Morgan fingerprint density at radius 2 is 1.44 bits per heavy atom. The number of aromatic nitrogens is 2. The Balaban J connectivity index is 1.45. The van der Waals surface area contributed by atoms with E-state index >= 15 is 0 Å². The molecule has 0 atom stereocenters. The van der Waals surface area contributed by atoms with Crippen molar-refractivity contribution in [2.24, 2.45) is 11.8 Å². The van der Waals surface area contributed by atoms with Crippen molar-refractivity contribution in [2.45, 2.75) is 84.5 Å². The Hall–Kier alpha value is -1.70. The third kappa shape index (κ3) is 6.16. The van der Waals surface area contributed by atoms with Gasteiger partial charge in [0.2, 0.25) is 0 Å². The van der Waals surface area contributed by atoms with Crippen molar-refractivity contribution in [1.82, 2.24) is 10.2 Å². The van der Waals surface area contributed by atoms with Gasteiger partial charge >= 0.3 is 0 Å². The first-order valence-corrected chi connectivity index (χ1v) is 11.2. The van der Waals surface area contributed by atoms with Gasteiger partial charge in [0.1, 0.15) is 0 Å². The second kappa shape index (κ2) is 10.6. The van der Waals surface area contributed by atoms with Gasteiger partial charge in [-0.15, -0.1) is 0 Å². The van der Waals surface area contributed by atoms with Crippen LogP contribution >= 0.6 is 0 Å². The predicted molar refractivity (Wildman–Crippen MR) is 115 cm³/mol. The lowest BCUT2D eigenvalue weighted by Gasteiger charge is -2.28. The largest absolute Gasteiger partial charge is 0.155 e. The van der Waals surface area contributed by atoms with Crippen LogP contribution in [0.4, 0.5) is 0 Å². The molecule has 27 heavy (non-hydrogen) atoms. The molecule has 0 N–H and O–H groups in total. The van der Waals surface area contributed by atoms with Gasteiger partial charge in [-0.05, 0) is 48.8 Å². The minimum absolute atomic E-state index is 0.944. The second-order valence-corrected chi connectivity index (χ2v) is 8.42. The van der Waals surface area contributed by atoms with Gasteiger partial charge in [-0.1, -0.05) is 89.5 Å². The van der Waals surface area contributed by atoms with Crippen molar-refractivity contribution >= 4 is 0 Å². The van der Waals surface area contributed by atoms with Crippen LogP contribution in [0.2, 0.25) is 0 Å². The fourth-order valence-corrected chi connectivity index (χ4v) is 4.42. The number of hydrogen-bond acceptors (Lipinski definition) is 2. The molecular formula is C25H36N2. The minimum atomic E-state index is 0.944. The lowest BCUT2D eigenvalue weighted by molar-refractivity contribution is 0.250. The molecule has 1 saturated carbocycles. The highest BCUT2D eigenvalue weighted by Crippen LogP contribution is 2.34. The predicted octanol–water partition coefficient (Wildman–Crippen LogP) is 7.03. The zero-order valence-corrected chi connectivity index (χ0v) is 17.3. The van der Waals surface area contributed by atoms with Gasteiger partial charge in [0.15, 0.2) is 0 Å². The first-order valence-electron chi connectivity index (χ1n) is 11.2. The highest BCUT2D eigenvalue weighted by molar-refractivity contribution is 5.58. The number of hydrogen-bond donors (Lipinski definition) is 0. The number of aryl methyl sites for hydroxylation is 2. The van der Waals surface area contributed by atoms with Crippen LogP contribution in [-0.2, 0) is 12.8 Å². The summed E-state index contributed by atoms with van der Waals surface area (Å²) in [5, 5.41) is 8.73. The van der Waals surface area contributed by atoms with Crippen LogP contribution in [0.1, 0.15) is 82.9 Å². The normalized spacial score (nSPS) is 19.9. The van der Waals surface area contributed by atoms with E-state index in [4.69, 9.17) is 0 Å². The van der Waals surface area contributed by atoms with Crippen molar-refractivity contribution < 1.29 is 0 Å². The summed E-state index contributed by atoms with van der Waals surface area (Å²) < 4.78 is 0. The minimum Gasteiger partial charge on any atom is -0.155 e. The quantitative estimate of drug-likeness (QED) is 0.477. The highest BCUT2D eigenvalue weighted by atomic mass is 15.1. The van der Waals surface area contributed by atoms with E-state index < -0.39 is 0 Å². The molecule has 0 unspecified atom stereocenters. The van der Waals surface area contributed by atoms with E-state index in [1.807, 2.05) is 0 Å². The number of unbranched alkanes of at least 4 members (excludes halogenated alkanes) is 1. The topological polar surface area (TPSA) is 25.8 Å². The van der Waals surface area contributed by atoms with Crippen LogP contribution in [0.25, 0.3) is 11.3 Å². The average molecular weight is 365 g/mol. The summed E-state index contributed by atoms with van der Waals surface area (Å²) in [6.45, 7) is 4.48. The fraction of sp³-hybridized carbons (Fsp3) is 0.600. The first-order chi connectivity index (χ1) is 13.3. The molecule has 0 radical (unpaired) electrons. The Labute approximate surface area is 165 Å². The molecule has 2 aromatic rings. The lowest BCUT2D eigenvalue weighted by atomic mass is 9.78. The first kappa shape index (κ1) is 20.0. The van der Waals surface area contributed by atoms with E-state index in [2.05, 4.69) is 60.4 Å². The van der Waals surface area contributed by atoms with Crippen LogP contribution in [0, 0.1) is 11.8 Å². The van der Waals surface area contributed by atoms with Crippen LogP contribution in [0.3, 0.4) is 0 Å². The lowest BCUT2D eigenvalue weighted by Crippen LogP contribution is -2.15. The van der Waals surface area contributed by atoms with Crippen LogP contribution in [0.15, 0.2) is 36.4 Å². The van der Waals surface area contributed by atoms with E-state index in [-0.39, 0.29) is 0 Å². The van der Waals surface area contributed by atoms with E-state index in [0.29, 0.717) is 0 Å². The smallest absolute Gasteiger partial charge is 0.0929 e. The Bertz CT molecular complexity index is 652. The van der Waals surface area contributed by atoms with Gasteiger partial charge < -0.3 is 0 Å². The third-order valence-electron chi connectivity index (χ3n) is 6.25. The van der Waals surface area contributed by atoms with Gasteiger partial charge in [-0.2, -0.15) is 10.2 Å². The SMILES string of the molecule is CCCC[C@H]1CC[C@H](CCc2ccc(-c3ccc(CCC)nn3)cc2)CC1. The zero-order valence-electron chi connectivity index (χ0n) is 17.3. The monoisotopic (exact) mass is 364 g/mol. The van der Waals surface area contributed by atoms with Crippen molar-refractivity contribution in [1.29, 1.82) is 0 Å². The van der Waals surface area contributed by atoms with Crippen molar-refractivity contribution in [3.63, 3.8) is 0 Å². The summed E-state index contributed by atoms with van der Waals surface area (Å²) in [4.78, 5) is 0. The molecule has 2 heteroatoms. The van der Waals surface area contributed by atoms with Gasteiger partial charge in [-0.25, -0.2) is 0 Å². The molecule has 1 aromatic carbocycles. The molecule has 1 heterocycles. The maximum Gasteiger partial charge on any atom is 0.0929 e. The Morgan fingerprint density at radius 3 is 2.04 bits per heavy atom. The molecular weight excluding hydrogens is 328 g/mol. The fourth-order valence-electron chi connectivity index (χ4n) is 4.42. The molecule has 1 aromatic heterocycles.